The normalized spacial score (nSPS) is 10.7. The van der Waals surface area contributed by atoms with Crippen molar-refractivity contribution >= 4 is 51.3 Å². The topological polar surface area (TPSA) is 86.1 Å². The molecule has 0 saturated heterocycles. The van der Waals surface area contributed by atoms with E-state index in [1.165, 1.54) is 35.1 Å². The Balaban J connectivity index is 1.70. The number of allylic oxidation sites excluding steroid dienone is 1. The second-order valence-electron chi connectivity index (χ2n) is 5.85. The zero-order chi connectivity index (χ0) is 20.8. The van der Waals surface area contributed by atoms with Crippen LogP contribution >= 0.6 is 34.4 Å². The first kappa shape index (κ1) is 21.3. The number of thioether (sulfide) groups is 1. The van der Waals surface area contributed by atoms with Gasteiger partial charge in [-0.2, -0.15) is 0 Å². The van der Waals surface area contributed by atoms with Crippen molar-refractivity contribution in [2.24, 2.45) is 0 Å². The van der Waals surface area contributed by atoms with E-state index in [0.717, 1.165) is 17.8 Å². The van der Waals surface area contributed by atoms with Crippen LogP contribution in [0.4, 0.5) is 5.00 Å². The van der Waals surface area contributed by atoms with Crippen molar-refractivity contribution < 1.29 is 14.3 Å². The number of methoxy groups -OCH3 is 1. The van der Waals surface area contributed by atoms with Gasteiger partial charge >= 0.3 is 5.97 Å². The van der Waals surface area contributed by atoms with Crippen LogP contribution in [-0.4, -0.2) is 39.5 Å². The lowest BCUT2D eigenvalue weighted by Gasteiger charge is -2.07. The van der Waals surface area contributed by atoms with Gasteiger partial charge in [-0.1, -0.05) is 24.8 Å². The molecule has 10 heteroatoms. The van der Waals surface area contributed by atoms with Gasteiger partial charge in [-0.15, -0.1) is 39.4 Å². The van der Waals surface area contributed by atoms with Gasteiger partial charge in [0.1, 0.15) is 5.00 Å². The molecule has 7 nitrogen and oxygen atoms in total. The Morgan fingerprint density at radius 3 is 2.90 bits per heavy atom. The quantitative estimate of drug-likeness (QED) is 0.298. The lowest BCUT2D eigenvalue weighted by atomic mass is 10.2. The summed E-state index contributed by atoms with van der Waals surface area (Å²) < 4.78 is 6.67. The van der Waals surface area contributed by atoms with Crippen molar-refractivity contribution in [3.8, 4) is 11.4 Å². The SMILES string of the molecule is C=CCn1c(SCC(=O)Nc2sccc2C(=O)OC)nnc1-c1csc(CC)c1. The molecule has 0 atom stereocenters. The van der Waals surface area contributed by atoms with Crippen LogP contribution in [0, 0.1) is 0 Å². The summed E-state index contributed by atoms with van der Waals surface area (Å²) in [5, 5.41) is 16.2. The van der Waals surface area contributed by atoms with Crippen molar-refractivity contribution in [3.05, 3.63) is 46.0 Å². The number of ether oxygens (including phenoxy) is 1. The minimum Gasteiger partial charge on any atom is -0.465 e. The largest absolute Gasteiger partial charge is 0.465 e. The molecule has 0 aromatic carbocycles. The fraction of sp³-hybridized carbons (Fsp3) is 0.263. The minimum absolute atomic E-state index is 0.137. The second kappa shape index (κ2) is 9.86. The molecule has 3 aromatic heterocycles. The molecule has 3 aromatic rings. The maximum Gasteiger partial charge on any atom is 0.340 e. The molecule has 0 aliphatic rings. The monoisotopic (exact) mass is 448 g/mol. The van der Waals surface area contributed by atoms with Crippen LogP contribution in [0.2, 0.25) is 0 Å². The maximum absolute atomic E-state index is 12.4. The molecule has 0 radical (unpaired) electrons. The Morgan fingerprint density at radius 1 is 1.38 bits per heavy atom. The molecule has 152 valence electrons. The number of nitrogens with zero attached hydrogens (tertiary/aromatic N) is 3. The van der Waals surface area contributed by atoms with Gasteiger partial charge < -0.3 is 10.1 Å². The molecule has 0 unspecified atom stereocenters. The summed E-state index contributed by atoms with van der Waals surface area (Å²) in [6.07, 6.45) is 2.75. The van der Waals surface area contributed by atoms with E-state index in [9.17, 15) is 9.59 Å². The van der Waals surface area contributed by atoms with Gasteiger partial charge in [0.15, 0.2) is 11.0 Å². The van der Waals surface area contributed by atoms with Crippen LogP contribution in [-0.2, 0) is 22.5 Å². The highest BCUT2D eigenvalue weighted by Gasteiger charge is 2.18. The van der Waals surface area contributed by atoms with Gasteiger partial charge in [-0.3, -0.25) is 9.36 Å². The third-order valence-electron chi connectivity index (χ3n) is 3.94. The van der Waals surface area contributed by atoms with Gasteiger partial charge in [-0.25, -0.2) is 4.79 Å². The molecule has 29 heavy (non-hydrogen) atoms. The Labute approximate surface area is 180 Å². The first-order chi connectivity index (χ1) is 14.1. The molecule has 1 amide bonds. The molecule has 0 bridgehead atoms. The van der Waals surface area contributed by atoms with Crippen LogP contribution in [0.3, 0.4) is 0 Å². The molecule has 0 aliphatic carbocycles. The smallest absolute Gasteiger partial charge is 0.340 e. The van der Waals surface area contributed by atoms with E-state index < -0.39 is 5.97 Å². The van der Waals surface area contributed by atoms with Crippen LogP contribution < -0.4 is 5.32 Å². The lowest BCUT2D eigenvalue weighted by Crippen LogP contribution is -2.16. The van der Waals surface area contributed by atoms with Crippen LogP contribution in [0.25, 0.3) is 11.4 Å². The molecule has 0 aliphatic heterocycles. The Kier molecular flexibility index (Phi) is 7.24. The molecule has 0 spiro atoms. The first-order valence-corrected chi connectivity index (χ1v) is 11.5. The number of carbonyl (C=O) groups is 2. The second-order valence-corrected chi connectivity index (χ2v) is 8.71. The first-order valence-electron chi connectivity index (χ1n) is 8.77. The van der Waals surface area contributed by atoms with E-state index in [2.05, 4.69) is 40.5 Å². The Bertz CT molecular complexity index is 1020. The molecular formula is C19H20N4O3S3. The van der Waals surface area contributed by atoms with Gasteiger partial charge in [0.05, 0.1) is 18.4 Å². The van der Waals surface area contributed by atoms with Crippen molar-refractivity contribution in [3.63, 3.8) is 0 Å². The number of aromatic nitrogens is 3. The van der Waals surface area contributed by atoms with E-state index >= 15 is 0 Å². The number of anilines is 1. The van der Waals surface area contributed by atoms with Gasteiger partial charge in [-0.05, 0) is 23.9 Å². The summed E-state index contributed by atoms with van der Waals surface area (Å²) >= 11 is 4.25. The van der Waals surface area contributed by atoms with Gasteiger partial charge in [0, 0.05) is 22.4 Å². The highest BCUT2D eigenvalue weighted by Crippen LogP contribution is 2.29. The highest BCUT2D eigenvalue weighted by molar-refractivity contribution is 7.99. The van der Waals surface area contributed by atoms with E-state index in [-0.39, 0.29) is 11.7 Å². The van der Waals surface area contributed by atoms with Gasteiger partial charge in [0.2, 0.25) is 5.91 Å². The van der Waals surface area contributed by atoms with Crippen molar-refractivity contribution in [2.45, 2.75) is 25.0 Å². The summed E-state index contributed by atoms with van der Waals surface area (Å²) in [5.41, 5.74) is 1.36. The summed E-state index contributed by atoms with van der Waals surface area (Å²) in [5.74, 6) is 0.181. The maximum atomic E-state index is 12.4. The molecule has 3 heterocycles. The molecule has 0 fully saturated rings. The van der Waals surface area contributed by atoms with E-state index in [4.69, 9.17) is 4.74 Å². The zero-order valence-electron chi connectivity index (χ0n) is 16.0. The number of amides is 1. The van der Waals surface area contributed by atoms with Crippen molar-refractivity contribution in [2.75, 3.05) is 18.2 Å². The third kappa shape index (κ3) is 4.95. The highest BCUT2D eigenvalue weighted by atomic mass is 32.2. The fourth-order valence-corrected chi connectivity index (χ4v) is 4.91. The van der Waals surface area contributed by atoms with E-state index in [1.807, 2.05) is 4.57 Å². The van der Waals surface area contributed by atoms with Crippen LogP contribution in [0.5, 0.6) is 0 Å². The Hall–Kier alpha value is -2.43. The van der Waals surface area contributed by atoms with E-state index in [0.29, 0.717) is 22.3 Å². The third-order valence-corrected chi connectivity index (χ3v) is 6.82. The van der Waals surface area contributed by atoms with Gasteiger partial charge in [0.25, 0.3) is 0 Å². The number of hydrogen-bond acceptors (Lipinski definition) is 8. The zero-order valence-corrected chi connectivity index (χ0v) is 18.5. The number of carbonyl (C=O) groups excluding carboxylic acids is 2. The summed E-state index contributed by atoms with van der Waals surface area (Å²) in [7, 11) is 1.31. The predicted octanol–water partition coefficient (Wildman–Crippen LogP) is 4.33. The number of rotatable bonds is 9. The molecule has 1 N–H and O–H groups in total. The average molecular weight is 449 g/mol. The van der Waals surface area contributed by atoms with Crippen LogP contribution in [0.1, 0.15) is 22.2 Å². The van der Waals surface area contributed by atoms with Crippen LogP contribution in [0.15, 0.2) is 40.7 Å². The number of thiophene rings is 2. The number of aryl methyl sites for hydroxylation is 1. The number of hydrogen-bond donors (Lipinski definition) is 1. The average Bonchev–Trinajstić information content (AvgIpc) is 3.45. The Morgan fingerprint density at radius 2 is 2.21 bits per heavy atom. The summed E-state index contributed by atoms with van der Waals surface area (Å²) in [4.78, 5) is 25.4. The molecular weight excluding hydrogens is 428 g/mol. The predicted molar refractivity (Wildman–Crippen MR) is 118 cm³/mol. The number of esters is 1. The molecule has 0 saturated carbocycles. The summed E-state index contributed by atoms with van der Waals surface area (Å²) in [6.45, 7) is 6.46. The fourth-order valence-electron chi connectivity index (χ4n) is 2.56. The molecule has 3 rings (SSSR count). The van der Waals surface area contributed by atoms with E-state index in [1.54, 1.807) is 28.9 Å². The minimum atomic E-state index is -0.480. The summed E-state index contributed by atoms with van der Waals surface area (Å²) in [6, 6.07) is 3.73. The lowest BCUT2D eigenvalue weighted by molar-refractivity contribution is -0.113. The number of nitrogens with one attached hydrogen (secondary N) is 1. The van der Waals surface area contributed by atoms with Crippen molar-refractivity contribution in [1.29, 1.82) is 0 Å². The standard InChI is InChI=1S/C19H20N4O3S3/c1-4-7-23-16(12-9-13(5-2)28-10-12)21-22-19(23)29-11-15(24)20-17-14(6-8-27-17)18(25)26-3/h4,6,8-10H,1,5,7,11H2,2-3H3,(H,20,24). The van der Waals surface area contributed by atoms with Crippen molar-refractivity contribution in [1.82, 2.24) is 14.8 Å².